The molecule has 1 saturated heterocycles. The molecule has 1 aliphatic carbocycles. The molecule has 226 valence electrons. The van der Waals surface area contributed by atoms with Crippen LogP contribution in [0.3, 0.4) is 0 Å². The third-order valence-electron chi connectivity index (χ3n) is 8.48. The van der Waals surface area contributed by atoms with Crippen LogP contribution in [0.1, 0.15) is 43.4 Å². The Kier molecular flexibility index (Phi) is 8.90. The Bertz CT molecular complexity index is 1640. The van der Waals surface area contributed by atoms with Crippen molar-refractivity contribution in [3.05, 3.63) is 70.1 Å². The fourth-order valence-corrected chi connectivity index (χ4v) is 5.94. The lowest BCUT2D eigenvalue weighted by molar-refractivity contribution is -0.121. The summed E-state index contributed by atoms with van der Waals surface area (Å²) in [7, 11) is 2.14. The molecule has 1 saturated carbocycles. The number of nitrogens with zero attached hydrogens (tertiary/aromatic N) is 3. The molecule has 0 radical (unpaired) electrons. The van der Waals surface area contributed by atoms with Crippen molar-refractivity contribution in [1.29, 1.82) is 0 Å². The molecule has 3 heterocycles. The number of ether oxygens (including phenoxy) is 2. The Morgan fingerprint density at radius 1 is 1.02 bits per heavy atom. The number of aromatic nitrogens is 1. The number of pyridine rings is 1. The van der Waals surface area contributed by atoms with Gasteiger partial charge in [0.25, 0.3) is 0 Å². The minimum atomic E-state index is -0.0987. The molecular formula is C34H40N4O5. The number of rotatable bonds is 10. The first-order chi connectivity index (χ1) is 20.9. The highest BCUT2D eigenvalue weighted by Gasteiger charge is 2.18. The maximum Gasteiger partial charge on any atom is 0.220 e. The zero-order valence-corrected chi connectivity index (χ0v) is 25.1. The SMILES string of the molecule is Cc1cc(OCCN2CCN(C)CC2)c2oc3cc(Oc4ccc(CCC(=O)NC5CCCC5)nc4)ccc3c(=O)c2c1. The molecule has 0 unspecified atom stereocenters. The van der Waals surface area contributed by atoms with Crippen LogP contribution in [0.25, 0.3) is 21.9 Å². The van der Waals surface area contributed by atoms with E-state index in [0.29, 0.717) is 64.7 Å². The van der Waals surface area contributed by atoms with E-state index in [1.54, 1.807) is 24.4 Å². The molecule has 9 heteroatoms. The van der Waals surface area contributed by atoms with Gasteiger partial charge in [-0.05, 0) is 75.2 Å². The summed E-state index contributed by atoms with van der Waals surface area (Å²) in [6.45, 7) is 7.44. The monoisotopic (exact) mass is 584 g/mol. The highest BCUT2D eigenvalue weighted by atomic mass is 16.5. The van der Waals surface area contributed by atoms with Crippen molar-refractivity contribution in [2.45, 2.75) is 51.5 Å². The average molecular weight is 585 g/mol. The minimum absolute atomic E-state index is 0.0814. The Balaban J connectivity index is 1.13. The second kappa shape index (κ2) is 13.1. The van der Waals surface area contributed by atoms with Gasteiger partial charge >= 0.3 is 0 Å². The van der Waals surface area contributed by atoms with Crippen molar-refractivity contribution in [1.82, 2.24) is 20.1 Å². The second-order valence-electron chi connectivity index (χ2n) is 11.9. The lowest BCUT2D eigenvalue weighted by Crippen LogP contribution is -2.45. The van der Waals surface area contributed by atoms with Crippen molar-refractivity contribution in [2.75, 3.05) is 46.4 Å². The van der Waals surface area contributed by atoms with Crippen LogP contribution in [0.5, 0.6) is 17.2 Å². The Labute approximate surface area is 251 Å². The number of likely N-dealkylation sites (N-methyl/N-ethyl adjacent to an activating group) is 1. The van der Waals surface area contributed by atoms with E-state index in [1.165, 1.54) is 12.8 Å². The third-order valence-corrected chi connectivity index (χ3v) is 8.48. The summed E-state index contributed by atoms with van der Waals surface area (Å²) < 4.78 is 18.5. The van der Waals surface area contributed by atoms with Gasteiger partial charge in [-0.3, -0.25) is 19.5 Å². The summed E-state index contributed by atoms with van der Waals surface area (Å²) in [6.07, 6.45) is 7.20. The van der Waals surface area contributed by atoms with E-state index in [4.69, 9.17) is 13.9 Å². The van der Waals surface area contributed by atoms with Crippen LogP contribution in [-0.2, 0) is 11.2 Å². The van der Waals surface area contributed by atoms with E-state index in [1.807, 2.05) is 31.2 Å². The summed E-state index contributed by atoms with van der Waals surface area (Å²) in [5, 5.41) is 4.11. The summed E-state index contributed by atoms with van der Waals surface area (Å²) >= 11 is 0. The van der Waals surface area contributed by atoms with Gasteiger partial charge in [0.05, 0.1) is 17.0 Å². The van der Waals surface area contributed by atoms with E-state index >= 15 is 0 Å². The van der Waals surface area contributed by atoms with Gasteiger partial charge in [-0.2, -0.15) is 0 Å². The molecule has 0 bridgehead atoms. The van der Waals surface area contributed by atoms with E-state index < -0.39 is 0 Å². The fraction of sp³-hybridized carbons (Fsp3) is 0.441. The number of carbonyl (C=O) groups excluding carboxylic acids is 1. The molecular weight excluding hydrogens is 544 g/mol. The number of carbonyl (C=O) groups is 1. The lowest BCUT2D eigenvalue weighted by atomic mass is 10.1. The smallest absolute Gasteiger partial charge is 0.220 e. The van der Waals surface area contributed by atoms with Crippen LogP contribution in [0, 0.1) is 6.92 Å². The predicted molar refractivity (Wildman–Crippen MR) is 167 cm³/mol. The number of hydrogen-bond acceptors (Lipinski definition) is 8. The van der Waals surface area contributed by atoms with E-state index in [-0.39, 0.29) is 11.3 Å². The first kappa shape index (κ1) is 29.1. The highest BCUT2D eigenvalue weighted by molar-refractivity contribution is 5.93. The van der Waals surface area contributed by atoms with Gasteiger partial charge in [0, 0.05) is 56.9 Å². The van der Waals surface area contributed by atoms with Gasteiger partial charge in [0.1, 0.15) is 23.7 Å². The molecule has 4 aromatic rings. The van der Waals surface area contributed by atoms with Crippen LogP contribution in [0.4, 0.5) is 0 Å². The maximum absolute atomic E-state index is 13.4. The predicted octanol–water partition coefficient (Wildman–Crippen LogP) is 5.06. The van der Waals surface area contributed by atoms with E-state index in [9.17, 15) is 9.59 Å². The van der Waals surface area contributed by atoms with Crippen molar-refractivity contribution < 1.29 is 18.7 Å². The van der Waals surface area contributed by atoms with Crippen LogP contribution < -0.4 is 20.2 Å². The zero-order chi connectivity index (χ0) is 29.8. The van der Waals surface area contributed by atoms with Gasteiger partial charge in [-0.25, -0.2) is 0 Å². The normalized spacial score (nSPS) is 16.6. The van der Waals surface area contributed by atoms with Crippen molar-refractivity contribution in [2.24, 2.45) is 0 Å². The Hall–Kier alpha value is -3.95. The lowest BCUT2D eigenvalue weighted by Gasteiger charge is -2.32. The second-order valence-corrected chi connectivity index (χ2v) is 11.9. The average Bonchev–Trinajstić information content (AvgIpc) is 3.51. The molecule has 0 spiro atoms. The van der Waals surface area contributed by atoms with E-state index in [0.717, 1.165) is 56.8 Å². The summed E-state index contributed by atoms with van der Waals surface area (Å²) in [5.74, 6) is 1.75. The molecule has 2 aliphatic rings. The van der Waals surface area contributed by atoms with Gasteiger partial charge in [-0.1, -0.05) is 12.8 Å². The highest BCUT2D eigenvalue weighted by Crippen LogP contribution is 2.31. The Morgan fingerprint density at radius 3 is 2.58 bits per heavy atom. The number of fused-ring (bicyclic) bond motifs is 2. The molecule has 43 heavy (non-hydrogen) atoms. The quantitative estimate of drug-likeness (QED) is 0.259. The number of aryl methyl sites for hydroxylation is 2. The molecule has 1 aliphatic heterocycles. The van der Waals surface area contributed by atoms with Gasteiger partial charge < -0.3 is 24.1 Å². The van der Waals surface area contributed by atoms with Crippen LogP contribution in [0.15, 0.2) is 57.9 Å². The molecule has 1 N–H and O–H groups in total. The number of nitrogens with one attached hydrogen (secondary N) is 1. The summed E-state index contributed by atoms with van der Waals surface area (Å²) in [6, 6.07) is 13.0. The largest absolute Gasteiger partial charge is 0.488 e. The fourth-order valence-electron chi connectivity index (χ4n) is 5.94. The number of hydrogen-bond donors (Lipinski definition) is 1. The third kappa shape index (κ3) is 7.17. The van der Waals surface area contributed by atoms with E-state index in [2.05, 4.69) is 27.1 Å². The molecule has 6 rings (SSSR count). The topological polar surface area (TPSA) is 97.1 Å². The van der Waals surface area contributed by atoms with Crippen LogP contribution in [0.2, 0.25) is 0 Å². The Morgan fingerprint density at radius 2 is 1.81 bits per heavy atom. The van der Waals surface area contributed by atoms with Gasteiger partial charge in [-0.15, -0.1) is 0 Å². The minimum Gasteiger partial charge on any atom is -0.488 e. The number of benzene rings is 2. The van der Waals surface area contributed by atoms with Crippen molar-refractivity contribution >= 4 is 27.8 Å². The van der Waals surface area contributed by atoms with Crippen molar-refractivity contribution in [3.63, 3.8) is 0 Å². The molecule has 0 atom stereocenters. The summed E-state index contributed by atoms with van der Waals surface area (Å²) in [5.41, 5.74) is 2.56. The maximum atomic E-state index is 13.4. The molecule has 2 aromatic carbocycles. The van der Waals surface area contributed by atoms with Crippen LogP contribution in [-0.4, -0.2) is 73.1 Å². The van der Waals surface area contributed by atoms with Gasteiger partial charge in [0.15, 0.2) is 11.3 Å². The van der Waals surface area contributed by atoms with Crippen LogP contribution >= 0.6 is 0 Å². The van der Waals surface area contributed by atoms with Gasteiger partial charge in [0.2, 0.25) is 11.3 Å². The standard InChI is InChI=1S/C34H40N4O5/c1-23-19-29-33(40)28-11-10-26(42-27-9-7-24(35-22-27)8-12-32(39)36-25-5-3-4-6-25)21-30(28)43-34(29)31(20-23)41-18-17-38-15-13-37(2)14-16-38/h7,9-11,19-22,25H,3-6,8,12-18H2,1-2H3,(H,36,39). The molecule has 2 fully saturated rings. The zero-order valence-electron chi connectivity index (χ0n) is 25.1. The first-order valence-corrected chi connectivity index (χ1v) is 15.4. The van der Waals surface area contributed by atoms with Crippen molar-refractivity contribution in [3.8, 4) is 17.2 Å². The first-order valence-electron chi connectivity index (χ1n) is 15.4. The number of amides is 1. The number of piperazine rings is 1. The summed E-state index contributed by atoms with van der Waals surface area (Å²) in [4.78, 5) is 34.9. The molecule has 2 aromatic heterocycles. The molecule has 9 nitrogen and oxygen atoms in total. The molecule has 1 amide bonds.